The number of hydrogen-bond acceptors (Lipinski definition) is 3. The summed E-state index contributed by atoms with van der Waals surface area (Å²) in [6.07, 6.45) is 2.86. The number of hydrogen-bond donors (Lipinski definition) is 1. The number of nitrogens with zero attached hydrogens (tertiary/aromatic N) is 1. The van der Waals surface area contributed by atoms with Crippen molar-refractivity contribution in [3.05, 3.63) is 28.2 Å². The highest BCUT2D eigenvalue weighted by molar-refractivity contribution is 9.10. The Hall–Kier alpha value is -0.870. The van der Waals surface area contributed by atoms with Crippen molar-refractivity contribution in [3.63, 3.8) is 0 Å². The Labute approximate surface area is 110 Å². The van der Waals surface area contributed by atoms with E-state index in [1.54, 1.807) is 0 Å². The molecule has 1 atom stereocenters. The van der Waals surface area contributed by atoms with Gasteiger partial charge in [-0.15, -0.1) is 0 Å². The largest absolute Gasteiger partial charge is 0.396 e. The third-order valence-electron chi connectivity index (χ3n) is 3.27. The van der Waals surface area contributed by atoms with Gasteiger partial charge in [0.25, 0.3) is 0 Å². The second-order valence-electron chi connectivity index (χ2n) is 4.44. The van der Waals surface area contributed by atoms with E-state index in [4.69, 9.17) is 5.11 Å². The van der Waals surface area contributed by atoms with Crippen LogP contribution in [-0.2, 0) is 0 Å². The number of aldehydes is 1. The number of anilines is 1. The maximum atomic E-state index is 10.7. The first-order chi connectivity index (χ1) is 8.24. The molecule has 1 heterocycles. The van der Waals surface area contributed by atoms with E-state index in [0.717, 1.165) is 42.4 Å². The molecule has 17 heavy (non-hydrogen) atoms. The van der Waals surface area contributed by atoms with Crippen molar-refractivity contribution in [2.45, 2.75) is 12.8 Å². The summed E-state index contributed by atoms with van der Waals surface area (Å²) < 4.78 is 0.965. The van der Waals surface area contributed by atoms with Gasteiger partial charge < -0.3 is 10.0 Å². The van der Waals surface area contributed by atoms with Gasteiger partial charge in [-0.05, 0) is 52.9 Å². The first kappa shape index (κ1) is 12.6. The summed E-state index contributed by atoms with van der Waals surface area (Å²) in [5.41, 5.74) is 1.82. The lowest BCUT2D eigenvalue weighted by Gasteiger charge is -2.20. The van der Waals surface area contributed by atoms with Crippen molar-refractivity contribution >= 4 is 27.9 Å². The second-order valence-corrected chi connectivity index (χ2v) is 5.30. The average molecular weight is 298 g/mol. The van der Waals surface area contributed by atoms with Crippen molar-refractivity contribution in [3.8, 4) is 0 Å². The van der Waals surface area contributed by atoms with E-state index in [9.17, 15) is 4.79 Å². The van der Waals surface area contributed by atoms with Crippen LogP contribution in [0.4, 0.5) is 5.69 Å². The van der Waals surface area contributed by atoms with Crippen LogP contribution >= 0.6 is 15.9 Å². The van der Waals surface area contributed by atoms with Crippen LogP contribution in [-0.4, -0.2) is 31.1 Å². The van der Waals surface area contributed by atoms with Gasteiger partial charge in [0.1, 0.15) is 6.29 Å². The smallest absolute Gasteiger partial charge is 0.150 e. The Bertz CT molecular complexity index is 408. The topological polar surface area (TPSA) is 40.5 Å². The standard InChI is InChI=1S/C13H16BrNO2/c14-12-7-11(9-17)1-2-13(12)15-5-3-10(8-15)4-6-16/h1-2,7,9-10,16H,3-6,8H2. The van der Waals surface area contributed by atoms with Crippen molar-refractivity contribution < 1.29 is 9.90 Å². The first-order valence-electron chi connectivity index (χ1n) is 5.85. The molecule has 0 spiro atoms. The highest BCUT2D eigenvalue weighted by Gasteiger charge is 2.23. The maximum absolute atomic E-state index is 10.7. The predicted octanol–water partition coefficient (Wildman–Crippen LogP) is 2.47. The van der Waals surface area contributed by atoms with Gasteiger partial charge in [-0.3, -0.25) is 4.79 Å². The molecule has 0 bridgehead atoms. The van der Waals surface area contributed by atoms with Crippen molar-refractivity contribution in [2.24, 2.45) is 5.92 Å². The molecule has 1 aliphatic heterocycles. The number of aliphatic hydroxyl groups excluding tert-OH is 1. The monoisotopic (exact) mass is 297 g/mol. The Morgan fingerprint density at radius 2 is 2.35 bits per heavy atom. The maximum Gasteiger partial charge on any atom is 0.150 e. The minimum absolute atomic E-state index is 0.268. The molecule has 92 valence electrons. The van der Waals surface area contributed by atoms with Gasteiger partial charge in [0.2, 0.25) is 0 Å². The summed E-state index contributed by atoms with van der Waals surface area (Å²) in [6.45, 7) is 2.27. The summed E-state index contributed by atoms with van der Waals surface area (Å²) in [5.74, 6) is 0.581. The fraction of sp³-hybridized carbons (Fsp3) is 0.462. The van der Waals surface area contributed by atoms with Crippen molar-refractivity contribution in [1.82, 2.24) is 0 Å². The second kappa shape index (κ2) is 5.65. The molecule has 0 saturated carbocycles. The van der Waals surface area contributed by atoms with Gasteiger partial charge >= 0.3 is 0 Å². The lowest BCUT2D eigenvalue weighted by atomic mass is 10.1. The Morgan fingerprint density at radius 3 is 3.00 bits per heavy atom. The molecule has 0 amide bonds. The van der Waals surface area contributed by atoms with E-state index in [1.807, 2.05) is 18.2 Å². The van der Waals surface area contributed by atoms with Crippen molar-refractivity contribution in [2.75, 3.05) is 24.6 Å². The molecule has 1 N–H and O–H groups in total. The van der Waals surface area contributed by atoms with Gasteiger partial charge in [0.15, 0.2) is 0 Å². The summed E-state index contributed by atoms with van der Waals surface area (Å²) >= 11 is 3.51. The average Bonchev–Trinajstić information content (AvgIpc) is 2.78. The molecule has 3 nitrogen and oxygen atoms in total. The molecular weight excluding hydrogens is 282 g/mol. The van der Waals surface area contributed by atoms with Gasteiger partial charge in [-0.1, -0.05) is 0 Å². The van der Waals surface area contributed by atoms with E-state index >= 15 is 0 Å². The zero-order valence-electron chi connectivity index (χ0n) is 9.60. The Balaban J connectivity index is 2.10. The third kappa shape index (κ3) is 2.87. The molecule has 1 saturated heterocycles. The van der Waals surface area contributed by atoms with Crippen LogP contribution in [0, 0.1) is 5.92 Å². The van der Waals surface area contributed by atoms with E-state index in [0.29, 0.717) is 11.5 Å². The molecule has 0 aromatic heterocycles. The molecule has 1 unspecified atom stereocenters. The quantitative estimate of drug-likeness (QED) is 0.868. The van der Waals surface area contributed by atoms with Crippen LogP contribution in [0.15, 0.2) is 22.7 Å². The molecule has 1 aliphatic rings. The van der Waals surface area contributed by atoms with E-state index in [2.05, 4.69) is 20.8 Å². The number of benzene rings is 1. The normalized spacial score (nSPS) is 19.6. The number of halogens is 1. The number of carbonyl (C=O) groups excluding carboxylic acids is 1. The molecule has 0 aliphatic carbocycles. The molecule has 4 heteroatoms. The zero-order valence-corrected chi connectivity index (χ0v) is 11.2. The summed E-state index contributed by atoms with van der Waals surface area (Å²) in [6, 6.07) is 5.67. The summed E-state index contributed by atoms with van der Waals surface area (Å²) in [4.78, 5) is 13.0. The number of carbonyl (C=O) groups is 1. The SMILES string of the molecule is O=Cc1ccc(N2CCC(CCO)C2)c(Br)c1. The molecule has 2 rings (SSSR count). The van der Waals surface area contributed by atoms with Crippen LogP contribution in [0.3, 0.4) is 0 Å². The Kier molecular flexibility index (Phi) is 4.18. The van der Waals surface area contributed by atoms with Gasteiger partial charge in [-0.2, -0.15) is 0 Å². The third-order valence-corrected chi connectivity index (χ3v) is 3.91. The van der Waals surface area contributed by atoms with Crippen molar-refractivity contribution in [1.29, 1.82) is 0 Å². The molecule has 0 radical (unpaired) electrons. The minimum atomic E-state index is 0.268. The fourth-order valence-electron chi connectivity index (χ4n) is 2.32. The van der Waals surface area contributed by atoms with E-state index < -0.39 is 0 Å². The van der Waals surface area contributed by atoms with Gasteiger partial charge in [-0.25, -0.2) is 0 Å². The molecule has 1 aromatic carbocycles. The number of aliphatic hydroxyl groups is 1. The number of rotatable bonds is 4. The van der Waals surface area contributed by atoms with Gasteiger partial charge in [0, 0.05) is 29.7 Å². The Morgan fingerprint density at radius 1 is 1.53 bits per heavy atom. The summed E-state index contributed by atoms with van der Waals surface area (Å²) in [5, 5.41) is 8.94. The van der Waals surface area contributed by atoms with Crippen LogP contribution < -0.4 is 4.90 Å². The highest BCUT2D eigenvalue weighted by Crippen LogP contribution is 2.32. The van der Waals surface area contributed by atoms with Gasteiger partial charge in [0.05, 0.1) is 5.69 Å². The summed E-state index contributed by atoms with van der Waals surface area (Å²) in [7, 11) is 0. The lowest BCUT2D eigenvalue weighted by molar-refractivity contribution is 0.112. The van der Waals surface area contributed by atoms with Crippen LogP contribution in [0.2, 0.25) is 0 Å². The molecular formula is C13H16BrNO2. The lowest BCUT2D eigenvalue weighted by Crippen LogP contribution is -2.20. The van der Waals surface area contributed by atoms with Crippen LogP contribution in [0.25, 0.3) is 0 Å². The van der Waals surface area contributed by atoms with E-state index in [1.165, 1.54) is 0 Å². The van der Waals surface area contributed by atoms with Crippen LogP contribution in [0.1, 0.15) is 23.2 Å². The fourth-order valence-corrected chi connectivity index (χ4v) is 2.97. The molecule has 1 aromatic rings. The molecule has 1 fully saturated rings. The zero-order chi connectivity index (χ0) is 12.3. The minimum Gasteiger partial charge on any atom is -0.396 e. The van der Waals surface area contributed by atoms with E-state index in [-0.39, 0.29) is 6.61 Å². The predicted molar refractivity (Wildman–Crippen MR) is 71.6 cm³/mol. The first-order valence-corrected chi connectivity index (χ1v) is 6.64. The highest BCUT2D eigenvalue weighted by atomic mass is 79.9. The van der Waals surface area contributed by atoms with Crippen LogP contribution in [0.5, 0.6) is 0 Å².